The van der Waals surface area contributed by atoms with E-state index in [4.69, 9.17) is 13.9 Å². The fourth-order valence-electron chi connectivity index (χ4n) is 7.84. The molecule has 1 rings (SSSR count). The lowest BCUT2D eigenvalue weighted by molar-refractivity contribution is -0.161. The molecule has 0 saturated heterocycles. The molecular formula is C35H68O6Si. The van der Waals surface area contributed by atoms with Gasteiger partial charge in [-0.2, -0.15) is 0 Å². The van der Waals surface area contributed by atoms with Crippen molar-refractivity contribution in [3.05, 3.63) is 12.7 Å². The lowest BCUT2D eigenvalue weighted by Gasteiger charge is -2.57. The van der Waals surface area contributed by atoms with Gasteiger partial charge < -0.3 is 24.1 Å². The van der Waals surface area contributed by atoms with Crippen LogP contribution >= 0.6 is 0 Å². The summed E-state index contributed by atoms with van der Waals surface area (Å²) in [6.45, 7) is 34.3. The Labute approximate surface area is 260 Å². The molecule has 0 aliphatic heterocycles. The molecule has 7 heteroatoms. The van der Waals surface area contributed by atoms with Crippen molar-refractivity contribution in [3.8, 4) is 0 Å². The van der Waals surface area contributed by atoms with Crippen LogP contribution in [0.25, 0.3) is 0 Å². The molecule has 0 bridgehead atoms. The number of hydrogen-bond donors (Lipinski definition) is 2. The van der Waals surface area contributed by atoms with Crippen LogP contribution in [0.5, 0.6) is 0 Å². The molecule has 0 radical (unpaired) electrons. The first-order valence-electron chi connectivity index (χ1n) is 16.4. The standard InChI is InChI=1S/C35H68O6Si/c1-17-35(21-28(36)34(14,15)38)20-27(18-19-32(10,11)40-22-39-16)33(12,13)29(31(35)37)30(23(2)3)41-42(24(4)5,25(6)7)26(8)9/h17,23-30,36,38H,1,18-22H2,2-16H3/t27-,28?,29+,30+,35-/m0/s1. The van der Waals surface area contributed by atoms with Gasteiger partial charge in [0.05, 0.1) is 23.4 Å². The zero-order valence-corrected chi connectivity index (χ0v) is 31.0. The number of hydrogen-bond acceptors (Lipinski definition) is 6. The maximum absolute atomic E-state index is 15.0. The molecule has 2 N–H and O–H groups in total. The highest BCUT2D eigenvalue weighted by Gasteiger charge is 2.60. The topological polar surface area (TPSA) is 85.2 Å². The average molecular weight is 613 g/mol. The lowest BCUT2D eigenvalue weighted by Crippen LogP contribution is -2.61. The van der Waals surface area contributed by atoms with Crippen molar-refractivity contribution in [2.45, 2.75) is 163 Å². The van der Waals surface area contributed by atoms with Crippen LogP contribution in [0, 0.1) is 28.6 Å². The Morgan fingerprint density at radius 1 is 1.02 bits per heavy atom. The number of aliphatic hydroxyl groups is 2. The van der Waals surface area contributed by atoms with Crippen molar-refractivity contribution in [2.75, 3.05) is 13.9 Å². The molecular weight excluding hydrogens is 544 g/mol. The zero-order chi connectivity index (χ0) is 33.1. The monoisotopic (exact) mass is 612 g/mol. The third kappa shape index (κ3) is 8.57. The highest BCUT2D eigenvalue weighted by Crippen LogP contribution is 2.58. The number of ether oxygens (including phenoxy) is 2. The van der Waals surface area contributed by atoms with E-state index < -0.39 is 37.0 Å². The molecule has 6 nitrogen and oxygen atoms in total. The largest absolute Gasteiger partial charge is 0.412 e. The summed E-state index contributed by atoms with van der Waals surface area (Å²) in [6.07, 6.45) is 2.76. The number of methoxy groups -OCH3 is 1. The van der Waals surface area contributed by atoms with E-state index in [-0.39, 0.29) is 42.4 Å². The van der Waals surface area contributed by atoms with Crippen LogP contribution in [0.15, 0.2) is 12.7 Å². The van der Waals surface area contributed by atoms with E-state index in [2.05, 4.69) is 89.7 Å². The number of rotatable bonds is 17. The number of ketones is 1. The number of carbonyl (C=O) groups excluding carboxylic acids is 1. The van der Waals surface area contributed by atoms with E-state index >= 15 is 4.79 Å². The Morgan fingerprint density at radius 2 is 1.52 bits per heavy atom. The summed E-state index contributed by atoms with van der Waals surface area (Å²) in [7, 11) is -0.706. The van der Waals surface area contributed by atoms with E-state index in [1.807, 2.05) is 0 Å². The quantitative estimate of drug-likeness (QED) is 0.0976. The first-order valence-corrected chi connectivity index (χ1v) is 18.5. The lowest BCUT2D eigenvalue weighted by atomic mass is 9.49. The van der Waals surface area contributed by atoms with Gasteiger partial charge in [0.2, 0.25) is 8.32 Å². The van der Waals surface area contributed by atoms with Gasteiger partial charge in [-0.15, -0.1) is 6.58 Å². The Morgan fingerprint density at radius 3 is 1.90 bits per heavy atom. The summed E-state index contributed by atoms with van der Waals surface area (Å²) >= 11 is 0. The molecule has 0 heterocycles. The van der Waals surface area contributed by atoms with Crippen LogP contribution in [0.4, 0.5) is 0 Å². The van der Waals surface area contributed by atoms with Crippen molar-refractivity contribution >= 4 is 14.1 Å². The van der Waals surface area contributed by atoms with Crippen LogP contribution in [-0.2, 0) is 18.7 Å². The van der Waals surface area contributed by atoms with E-state index in [0.29, 0.717) is 23.0 Å². The SMILES string of the molecule is C=C[C@@]1(CC(O)C(C)(C)O)C[C@H](CCC(C)(C)OCOC)C(C)(C)[C@H]([C@H](O[Si](C(C)C)(C(C)C)C(C)C)C(C)C)C1=O. The zero-order valence-electron chi connectivity index (χ0n) is 30.0. The smallest absolute Gasteiger partial charge is 0.200 e. The van der Waals surface area contributed by atoms with Gasteiger partial charge in [-0.3, -0.25) is 4.79 Å². The minimum absolute atomic E-state index is 0.0924. The molecule has 5 atom stereocenters. The second kappa shape index (κ2) is 14.7. The van der Waals surface area contributed by atoms with Crippen LogP contribution in [-0.4, -0.2) is 61.6 Å². The molecule has 0 spiro atoms. The summed E-state index contributed by atoms with van der Waals surface area (Å²) in [6, 6.07) is 0. The first-order chi connectivity index (χ1) is 19.0. The summed E-state index contributed by atoms with van der Waals surface area (Å²) < 4.78 is 18.7. The van der Waals surface area contributed by atoms with Crippen LogP contribution in [0.3, 0.4) is 0 Å². The normalized spacial score (nSPS) is 25.5. The number of carbonyl (C=O) groups is 1. The second-order valence-electron chi connectivity index (χ2n) is 16.3. The Bertz CT molecular complexity index is 849. The van der Waals surface area contributed by atoms with Crippen molar-refractivity contribution in [1.82, 2.24) is 0 Å². The van der Waals surface area contributed by atoms with Gasteiger partial charge in [-0.05, 0) is 87.3 Å². The number of allylic oxidation sites excluding steroid dienone is 1. The molecule has 0 amide bonds. The van der Waals surface area contributed by atoms with Crippen molar-refractivity contribution in [3.63, 3.8) is 0 Å². The number of aliphatic hydroxyl groups excluding tert-OH is 1. The maximum atomic E-state index is 15.0. The highest BCUT2D eigenvalue weighted by molar-refractivity contribution is 6.77. The summed E-state index contributed by atoms with van der Waals surface area (Å²) in [5.74, 6) is -0.0526. The third-order valence-corrected chi connectivity index (χ3v) is 16.8. The molecule has 1 aliphatic carbocycles. The van der Waals surface area contributed by atoms with E-state index in [1.54, 1.807) is 27.0 Å². The fraction of sp³-hybridized carbons (Fsp3) is 0.914. The molecule has 0 aromatic heterocycles. The highest BCUT2D eigenvalue weighted by atomic mass is 28.4. The minimum Gasteiger partial charge on any atom is -0.412 e. The first kappa shape index (κ1) is 39.5. The van der Waals surface area contributed by atoms with Gasteiger partial charge in [0.25, 0.3) is 0 Å². The molecule has 1 aliphatic rings. The van der Waals surface area contributed by atoms with Crippen molar-refractivity contribution in [1.29, 1.82) is 0 Å². The molecule has 0 aromatic carbocycles. The van der Waals surface area contributed by atoms with Gasteiger partial charge in [0.1, 0.15) is 12.6 Å². The van der Waals surface area contributed by atoms with Gasteiger partial charge >= 0.3 is 0 Å². The van der Waals surface area contributed by atoms with Gasteiger partial charge in [-0.1, -0.05) is 75.3 Å². The Kier molecular flexibility index (Phi) is 13.8. The molecule has 1 fully saturated rings. The summed E-state index contributed by atoms with van der Waals surface area (Å²) in [5, 5.41) is 21.9. The molecule has 42 heavy (non-hydrogen) atoms. The Balaban J connectivity index is 3.84. The van der Waals surface area contributed by atoms with E-state index in [9.17, 15) is 10.2 Å². The predicted octanol–water partition coefficient (Wildman–Crippen LogP) is 8.31. The van der Waals surface area contributed by atoms with Gasteiger partial charge in [0, 0.05) is 18.4 Å². The maximum Gasteiger partial charge on any atom is 0.200 e. The van der Waals surface area contributed by atoms with Crippen molar-refractivity contribution < 1.29 is 28.9 Å². The van der Waals surface area contributed by atoms with E-state index in [0.717, 1.165) is 12.8 Å². The third-order valence-electron chi connectivity index (χ3n) is 10.7. The fourth-order valence-corrected chi connectivity index (χ4v) is 13.5. The van der Waals surface area contributed by atoms with Gasteiger partial charge in [0.15, 0.2) is 0 Å². The van der Waals surface area contributed by atoms with Crippen LogP contribution in [0.1, 0.15) is 123 Å². The Hall–Kier alpha value is -0.573. The van der Waals surface area contributed by atoms with Crippen LogP contribution < -0.4 is 0 Å². The molecule has 1 unspecified atom stereocenters. The molecule has 0 aromatic rings. The van der Waals surface area contributed by atoms with Crippen LogP contribution in [0.2, 0.25) is 16.6 Å². The average Bonchev–Trinajstić information content (AvgIpc) is 2.84. The van der Waals surface area contributed by atoms with Crippen molar-refractivity contribution in [2.24, 2.45) is 28.6 Å². The predicted molar refractivity (Wildman–Crippen MR) is 177 cm³/mol. The second-order valence-corrected chi connectivity index (χ2v) is 21.7. The summed E-state index contributed by atoms with van der Waals surface area (Å²) in [4.78, 5) is 15.0. The van der Waals surface area contributed by atoms with E-state index in [1.165, 1.54) is 0 Å². The molecule has 1 saturated carbocycles. The molecule has 248 valence electrons. The minimum atomic E-state index is -2.33. The van der Waals surface area contributed by atoms with Gasteiger partial charge in [-0.25, -0.2) is 0 Å². The summed E-state index contributed by atoms with van der Waals surface area (Å²) in [5.41, 5.74) is -1.93. The number of Topliss-reactive ketones (excluding diaryl/α,β-unsaturated/α-hetero) is 1.